The van der Waals surface area contributed by atoms with E-state index in [2.05, 4.69) is 35.1 Å². The van der Waals surface area contributed by atoms with Gasteiger partial charge in [-0.15, -0.1) is 0 Å². The minimum atomic E-state index is 0.0591. The Morgan fingerprint density at radius 2 is 2.00 bits per heavy atom. The highest BCUT2D eigenvalue weighted by atomic mass is 79.9. The van der Waals surface area contributed by atoms with Gasteiger partial charge in [0.15, 0.2) is 17.3 Å². The summed E-state index contributed by atoms with van der Waals surface area (Å²) >= 11 is 3.46. The van der Waals surface area contributed by atoms with Gasteiger partial charge in [0.2, 0.25) is 0 Å². The minimum Gasteiger partial charge on any atom is -0.486 e. The number of Topliss-reactive ketones (excluding diaryl/α,β-unsaturated/α-hetero) is 1. The number of ketones is 1. The Labute approximate surface area is 121 Å². The van der Waals surface area contributed by atoms with Crippen molar-refractivity contribution in [2.24, 2.45) is 0 Å². The van der Waals surface area contributed by atoms with Gasteiger partial charge in [-0.3, -0.25) is 4.79 Å². The van der Waals surface area contributed by atoms with Crippen molar-refractivity contribution < 1.29 is 14.3 Å². The van der Waals surface area contributed by atoms with Gasteiger partial charge in [-0.05, 0) is 35.0 Å². The van der Waals surface area contributed by atoms with Gasteiger partial charge < -0.3 is 14.8 Å². The average molecular weight is 328 g/mol. The van der Waals surface area contributed by atoms with Gasteiger partial charge in [-0.2, -0.15) is 0 Å². The summed E-state index contributed by atoms with van der Waals surface area (Å²) in [5.74, 6) is 1.66. The first kappa shape index (κ1) is 14.3. The van der Waals surface area contributed by atoms with E-state index in [0.717, 1.165) is 10.0 Å². The molecule has 1 heterocycles. The monoisotopic (exact) mass is 327 g/mol. The number of ether oxygens (including phenoxy) is 2. The SMILES string of the molecule is CNCC(=O)c1cc(Br)c2c(c1C(C)C)OCCO2. The fraction of sp³-hybridized carbons (Fsp3) is 0.500. The van der Waals surface area contributed by atoms with Gasteiger partial charge in [0.05, 0.1) is 11.0 Å². The summed E-state index contributed by atoms with van der Waals surface area (Å²) < 4.78 is 12.1. The van der Waals surface area contributed by atoms with Crippen LogP contribution in [0.3, 0.4) is 0 Å². The molecule has 1 aliphatic heterocycles. The van der Waals surface area contributed by atoms with E-state index < -0.39 is 0 Å². The van der Waals surface area contributed by atoms with Crippen LogP contribution in [-0.4, -0.2) is 32.6 Å². The number of benzene rings is 1. The lowest BCUT2D eigenvalue weighted by molar-refractivity contribution is 0.0990. The van der Waals surface area contributed by atoms with E-state index in [0.29, 0.717) is 36.8 Å². The Morgan fingerprint density at radius 3 is 2.58 bits per heavy atom. The topological polar surface area (TPSA) is 47.6 Å². The van der Waals surface area contributed by atoms with Crippen LogP contribution in [0.25, 0.3) is 0 Å². The maximum Gasteiger partial charge on any atom is 0.177 e. The van der Waals surface area contributed by atoms with Crippen LogP contribution < -0.4 is 14.8 Å². The van der Waals surface area contributed by atoms with Gasteiger partial charge in [0, 0.05) is 11.1 Å². The molecule has 0 aromatic heterocycles. The van der Waals surface area contributed by atoms with E-state index >= 15 is 0 Å². The number of carbonyl (C=O) groups excluding carboxylic acids is 1. The number of rotatable bonds is 4. The minimum absolute atomic E-state index is 0.0591. The van der Waals surface area contributed by atoms with E-state index in [-0.39, 0.29) is 11.7 Å². The predicted molar refractivity (Wildman–Crippen MR) is 77.5 cm³/mol. The van der Waals surface area contributed by atoms with Gasteiger partial charge >= 0.3 is 0 Å². The molecule has 0 bridgehead atoms. The average Bonchev–Trinajstić information content (AvgIpc) is 2.38. The molecule has 0 atom stereocenters. The van der Waals surface area contributed by atoms with Crippen LogP contribution in [0.5, 0.6) is 11.5 Å². The van der Waals surface area contributed by atoms with E-state index in [1.54, 1.807) is 7.05 Å². The highest BCUT2D eigenvalue weighted by molar-refractivity contribution is 9.10. The first-order chi connectivity index (χ1) is 9.06. The van der Waals surface area contributed by atoms with Crippen LogP contribution in [0.15, 0.2) is 10.5 Å². The molecule has 0 unspecified atom stereocenters. The quantitative estimate of drug-likeness (QED) is 0.864. The molecule has 1 aromatic rings. The summed E-state index contributed by atoms with van der Waals surface area (Å²) in [4.78, 5) is 12.2. The molecule has 4 nitrogen and oxygen atoms in total. The molecule has 5 heteroatoms. The molecule has 1 aliphatic rings. The van der Waals surface area contributed by atoms with Gasteiger partial charge in [-0.1, -0.05) is 13.8 Å². The second-order valence-electron chi connectivity index (χ2n) is 4.78. The molecule has 0 saturated heterocycles. The number of hydrogen-bond donors (Lipinski definition) is 1. The number of likely N-dealkylation sites (N-methyl/N-ethyl adjacent to an activating group) is 1. The number of carbonyl (C=O) groups is 1. The normalized spacial score (nSPS) is 13.7. The first-order valence-electron chi connectivity index (χ1n) is 6.36. The lowest BCUT2D eigenvalue weighted by Crippen LogP contribution is -2.23. The Bertz CT molecular complexity index is 500. The number of nitrogens with one attached hydrogen (secondary N) is 1. The van der Waals surface area contributed by atoms with Crippen molar-refractivity contribution in [2.45, 2.75) is 19.8 Å². The molecule has 0 radical (unpaired) electrons. The third-order valence-electron chi connectivity index (χ3n) is 3.02. The lowest BCUT2D eigenvalue weighted by Gasteiger charge is -2.25. The first-order valence-corrected chi connectivity index (χ1v) is 7.15. The van der Waals surface area contributed by atoms with E-state index in [1.807, 2.05) is 6.07 Å². The van der Waals surface area contributed by atoms with Crippen LogP contribution in [0, 0.1) is 0 Å². The molecular weight excluding hydrogens is 310 g/mol. The van der Waals surface area contributed by atoms with Crippen molar-refractivity contribution in [3.05, 3.63) is 21.7 Å². The molecule has 0 fully saturated rings. The molecule has 104 valence electrons. The van der Waals surface area contributed by atoms with Crippen molar-refractivity contribution in [3.63, 3.8) is 0 Å². The Morgan fingerprint density at radius 1 is 1.37 bits per heavy atom. The molecule has 1 N–H and O–H groups in total. The molecule has 1 aromatic carbocycles. The van der Waals surface area contributed by atoms with Gasteiger partial charge in [-0.25, -0.2) is 0 Å². The molecule has 0 saturated carbocycles. The maximum absolute atomic E-state index is 12.2. The van der Waals surface area contributed by atoms with Crippen LogP contribution in [0.1, 0.15) is 35.7 Å². The Balaban J connectivity index is 2.60. The lowest BCUT2D eigenvalue weighted by atomic mass is 9.93. The zero-order valence-corrected chi connectivity index (χ0v) is 13.0. The highest BCUT2D eigenvalue weighted by Crippen LogP contribution is 2.45. The van der Waals surface area contributed by atoms with E-state index in [9.17, 15) is 4.79 Å². The maximum atomic E-state index is 12.2. The fourth-order valence-corrected chi connectivity index (χ4v) is 2.77. The van der Waals surface area contributed by atoms with Crippen LogP contribution >= 0.6 is 15.9 Å². The van der Waals surface area contributed by atoms with Crippen molar-refractivity contribution >= 4 is 21.7 Å². The summed E-state index contributed by atoms with van der Waals surface area (Å²) in [6, 6.07) is 1.84. The number of hydrogen-bond acceptors (Lipinski definition) is 4. The van der Waals surface area contributed by atoms with E-state index in [1.165, 1.54) is 0 Å². The number of fused-ring (bicyclic) bond motifs is 1. The summed E-state index contributed by atoms with van der Waals surface area (Å²) in [7, 11) is 1.76. The molecule has 0 amide bonds. The number of halogens is 1. The summed E-state index contributed by atoms with van der Waals surface area (Å²) in [5.41, 5.74) is 1.62. The Kier molecular flexibility index (Phi) is 4.47. The van der Waals surface area contributed by atoms with Crippen LogP contribution in [0.2, 0.25) is 0 Å². The van der Waals surface area contributed by atoms with Crippen molar-refractivity contribution in [2.75, 3.05) is 26.8 Å². The Hall–Kier alpha value is -1.07. The fourth-order valence-electron chi connectivity index (χ4n) is 2.25. The zero-order valence-electron chi connectivity index (χ0n) is 11.4. The van der Waals surface area contributed by atoms with Crippen LogP contribution in [0.4, 0.5) is 0 Å². The van der Waals surface area contributed by atoms with Gasteiger partial charge in [0.25, 0.3) is 0 Å². The predicted octanol–water partition coefficient (Wildman–Crippen LogP) is 2.75. The second kappa shape index (κ2) is 5.92. The largest absolute Gasteiger partial charge is 0.486 e. The molecular formula is C14H18BrNO3. The molecule has 2 rings (SSSR count). The van der Waals surface area contributed by atoms with Gasteiger partial charge in [0.1, 0.15) is 13.2 Å². The highest BCUT2D eigenvalue weighted by Gasteiger charge is 2.26. The molecule has 0 spiro atoms. The molecule has 19 heavy (non-hydrogen) atoms. The van der Waals surface area contributed by atoms with Crippen LogP contribution in [-0.2, 0) is 0 Å². The van der Waals surface area contributed by atoms with E-state index in [4.69, 9.17) is 9.47 Å². The summed E-state index contributed by atoms with van der Waals surface area (Å²) in [6.45, 7) is 5.47. The summed E-state index contributed by atoms with van der Waals surface area (Å²) in [6.07, 6.45) is 0. The second-order valence-corrected chi connectivity index (χ2v) is 5.64. The van der Waals surface area contributed by atoms with Crippen molar-refractivity contribution in [3.8, 4) is 11.5 Å². The van der Waals surface area contributed by atoms with Crippen molar-refractivity contribution in [1.29, 1.82) is 0 Å². The molecule has 0 aliphatic carbocycles. The van der Waals surface area contributed by atoms with Crippen molar-refractivity contribution in [1.82, 2.24) is 5.32 Å². The third kappa shape index (κ3) is 2.77. The summed E-state index contributed by atoms with van der Waals surface area (Å²) in [5, 5.41) is 2.89. The smallest absolute Gasteiger partial charge is 0.177 e. The standard InChI is InChI=1S/C14H18BrNO3/c1-8(2)12-9(11(17)7-16-3)6-10(15)13-14(12)19-5-4-18-13/h6,8,16H,4-5,7H2,1-3H3. The third-order valence-corrected chi connectivity index (χ3v) is 3.61. The zero-order chi connectivity index (χ0) is 14.0.